The maximum Gasteiger partial charge on any atom is 0.160 e. The molecule has 0 spiro atoms. The third-order valence-corrected chi connectivity index (χ3v) is 4.09. The van der Waals surface area contributed by atoms with E-state index in [4.69, 9.17) is 11.5 Å². The fraction of sp³-hybridized carbons (Fsp3) is 0.278. The molecule has 0 aliphatic carbocycles. The third-order valence-electron chi connectivity index (χ3n) is 4.09. The summed E-state index contributed by atoms with van der Waals surface area (Å²) < 4.78 is 0. The lowest BCUT2D eigenvalue weighted by molar-refractivity contribution is 0.101. The number of ketones is 1. The number of aryl methyl sites for hydroxylation is 3. The van der Waals surface area contributed by atoms with Gasteiger partial charge in [-0.3, -0.25) is 4.79 Å². The van der Waals surface area contributed by atoms with Crippen molar-refractivity contribution in [3.05, 3.63) is 46.0 Å². The molecule has 110 valence electrons. The molecule has 0 bridgehead atoms. The summed E-state index contributed by atoms with van der Waals surface area (Å²) in [6, 6.07) is 6.04. The van der Waals surface area contributed by atoms with Gasteiger partial charge in [-0.15, -0.1) is 0 Å². The molecule has 0 radical (unpaired) electrons. The minimum atomic E-state index is 0.0290. The SMILES string of the molecule is CC(=O)c1c(-c2cc(C)c(N)c(C)c2)cc(C)c(N)c1C. The number of carbonyl (C=O) groups is 1. The number of rotatable bonds is 2. The van der Waals surface area contributed by atoms with Crippen LogP contribution < -0.4 is 11.5 Å². The topological polar surface area (TPSA) is 69.1 Å². The fourth-order valence-corrected chi connectivity index (χ4v) is 2.81. The highest BCUT2D eigenvalue weighted by Crippen LogP contribution is 2.34. The van der Waals surface area contributed by atoms with Crippen LogP contribution in [0.5, 0.6) is 0 Å². The minimum Gasteiger partial charge on any atom is -0.398 e. The Bertz CT molecular complexity index is 722. The smallest absolute Gasteiger partial charge is 0.160 e. The summed E-state index contributed by atoms with van der Waals surface area (Å²) >= 11 is 0. The number of nitrogen functional groups attached to an aromatic ring is 2. The van der Waals surface area contributed by atoms with Gasteiger partial charge < -0.3 is 11.5 Å². The van der Waals surface area contributed by atoms with Gasteiger partial charge in [0.25, 0.3) is 0 Å². The molecule has 0 aliphatic heterocycles. The quantitative estimate of drug-likeness (QED) is 0.647. The molecule has 0 heterocycles. The van der Waals surface area contributed by atoms with Crippen LogP contribution in [0.25, 0.3) is 11.1 Å². The van der Waals surface area contributed by atoms with Crippen LogP contribution in [0.15, 0.2) is 18.2 Å². The van der Waals surface area contributed by atoms with E-state index in [9.17, 15) is 4.79 Å². The first-order chi connectivity index (χ1) is 9.73. The number of nitrogens with two attached hydrogens (primary N) is 2. The Balaban J connectivity index is 2.83. The lowest BCUT2D eigenvalue weighted by atomic mass is 9.89. The molecule has 0 saturated carbocycles. The number of benzene rings is 2. The second-order valence-electron chi connectivity index (χ2n) is 5.73. The first-order valence-corrected chi connectivity index (χ1v) is 7.01. The van der Waals surface area contributed by atoms with Gasteiger partial charge in [0, 0.05) is 16.9 Å². The zero-order valence-electron chi connectivity index (χ0n) is 13.3. The number of anilines is 2. The largest absolute Gasteiger partial charge is 0.398 e. The average Bonchev–Trinajstić information content (AvgIpc) is 2.40. The first-order valence-electron chi connectivity index (χ1n) is 7.01. The molecule has 2 aromatic carbocycles. The van der Waals surface area contributed by atoms with Gasteiger partial charge in [0.15, 0.2) is 5.78 Å². The van der Waals surface area contributed by atoms with Crippen molar-refractivity contribution >= 4 is 17.2 Å². The molecule has 0 atom stereocenters. The zero-order valence-corrected chi connectivity index (χ0v) is 13.3. The van der Waals surface area contributed by atoms with Crippen LogP contribution >= 0.6 is 0 Å². The summed E-state index contributed by atoms with van der Waals surface area (Å²) in [5.41, 5.74) is 20.1. The molecule has 2 rings (SSSR count). The van der Waals surface area contributed by atoms with E-state index in [0.29, 0.717) is 11.3 Å². The molecule has 3 nitrogen and oxygen atoms in total. The Morgan fingerprint density at radius 1 is 0.857 bits per heavy atom. The van der Waals surface area contributed by atoms with Crippen LogP contribution in [-0.2, 0) is 0 Å². The molecule has 0 fully saturated rings. The second kappa shape index (κ2) is 5.24. The Morgan fingerprint density at radius 2 is 1.33 bits per heavy atom. The van der Waals surface area contributed by atoms with Crippen LogP contribution in [0.1, 0.15) is 39.5 Å². The van der Waals surface area contributed by atoms with E-state index < -0.39 is 0 Å². The van der Waals surface area contributed by atoms with Crippen molar-refractivity contribution in [2.24, 2.45) is 0 Å². The lowest BCUT2D eigenvalue weighted by Gasteiger charge is -2.17. The Labute approximate surface area is 126 Å². The van der Waals surface area contributed by atoms with Crippen LogP contribution in [0.4, 0.5) is 11.4 Å². The summed E-state index contributed by atoms with van der Waals surface area (Å²) in [6.45, 7) is 9.41. The molecule has 3 heteroatoms. The van der Waals surface area contributed by atoms with Gasteiger partial charge in [0.2, 0.25) is 0 Å². The van der Waals surface area contributed by atoms with Gasteiger partial charge in [-0.25, -0.2) is 0 Å². The van der Waals surface area contributed by atoms with Gasteiger partial charge in [-0.05, 0) is 86.2 Å². The van der Waals surface area contributed by atoms with E-state index in [2.05, 4.69) is 0 Å². The van der Waals surface area contributed by atoms with Crippen molar-refractivity contribution < 1.29 is 4.79 Å². The number of hydrogen-bond donors (Lipinski definition) is 2. The zero-order chi connectivity index (χ0) is 15.9. The highest BCUT2D eigenvalue weighted by atomic mass is 16.1. The van der Waals surface area contributed by atoms with Crippen molar-refractivity contribution in [1.29, 1.82) is 0 Å². The monoisotopic (exact) mass is 282 g/mol. The van der Waals surface area contributed by atoms with Gasteiger partial charge in [0.1, 0.15) is 0 Å². The van der Waals surface area contributed by atoms with Gasteiger partial charge >= 0.3 is 0 Å². The number of hydrogen-bond acceptors (Lipinski definition) is 3. The number of carbonyl (C=O) groups excluding carboxylic acids is 1. The Morgan fingerprint density at radius 3 is 1.81 bits per heavy atom. The van der Waals surface area contributed by atoms with Gasteiger partial charge in [-0.2, -0.15) is 0 Å². The molecule has 2 aromatic rings. The molecule has 0 saturated heterocycles. The fourth-order valence-electron chi connectivity index (χ4n) is 2.81. The molecular weight excluding hydrogens is 260 g/mol. The molecule has 4 N–H and O–H groups in total. The second-order valence-corrected chi connectivity index (χ2v) is 5.73. The molecule has 0 unspecified atom stereocenters. The molecule has 0 aromatic heterocycles. The summed E-state index contributed by atoms with van der Waals surface area (Å²) in [7, 11) is 0. The van der Waals surface area contributed by atoms with E-state index in [1.54, 1.807) is 6.92 Å². The molecule has 0 aliphatic rings. The van der Waals surface area contributed by atoms with Crippen molar-refractivity contribution in [1.82, 2.24) is 0 Å². The summed E-state index contributed by atoms with van der Waals surface area (Å²) in [6.07, 6.45) is 0. The maximum atomic E-state index is 12.1. The normalized spacial score (nSPS) is 10.7. The lowest BCUT2D eigenvalue weighted by Crippen LogP contribution is -2.06. The van der Waals surface area contributed by atoms with Crippen LogP contribution in [-0.4, -0.2) is 5.78 Å². The van der Waals surface area contributed by atoms with Crippen molar-refractivity contribution in [3.8, 4) is 11.1 Å². The maximum absolute atomic E-state index is 12.1. The Hall–Kier alpha value is -2.29. The van der Waals surface area contributed by atoms with E-state index in [1.165, 1.54) is 0 Å². The van der Waals surface area contributed by atoms with E-state index in [0.717, 1.165) is 39.1 Å². The van der Waals surface area contributed by atoms with E-state index in [1.807, 2.05) is 45.9 Å². The predicted octanol–water partition coefficient (Wildman–Crippen LogP) is 3.95. The Kier molecular flexibility index (Phi) is 3.77. The predicted molar refractivity (Wildman–Crippen MR) is 89.7 cm³/mol. The van der Waals surface area contributed by atoms with E-state index in [-0.39, 0.29) is 5.78 Å². The van der Waals surface area contributed by atoms with E-state index >= 15 is 0 Å². The van der Waals surface area contributed by atoms with Gasteiger partial charge in [-0.1, -0.05) is 0 Å². The molecule has 21 heavy (non-hydrogen) atoms. The molecule has 0 amide bonds. The summed E-state index contributed by atoms with van der Waals surface area (Å²) in [4.78, 5) is 12.1. The minimum absolute atomic E-state index is 0.0290. The number of Topliss-reactive ketones (excluding diaryl/α,β-unsaturated/α-hetero) is 1. The van der Waals surface area contributed by atoms with Crippen LogP contribution in [0.3, 0.4) is 0 Å². The van der Waals surface area contributed by atoms with Crippen LogP contribution in [0, 0.1) is 27.7 Å². The highest BCUT2D eigenvalue weighted by Gasteiger charge is 2.17. The summed E-state index contributed by atoms with van der Waals surface area (Å²) in [5, 5.41) is 0. The summed E-state index contributed by atoms with van der Waals surface area (Å²) in [5.74, 6) is 0.0290. The third kappa shape index (κ3) is 2.51. The standard InChI is InChI=1S/C18H22N2O/c1-9-6-14(7-10(2)17(9)19)15-8-11(3)18(20)12(4)16(15)13(5)21/h6-8H,19-20H2,1-5H3. The average molecular weight is 282 g/mol. The van der Waals surface area contributed by atoms with Crippen molar-refractivity contribution in [2.45, 2.75) is 34.6 Å². The van der Waals surface area contributed by atoms with Crippen molar-refractivity contribution in [2.75, 3.05) is 11.5 Å². The highest BCUT2D eigenvalue weighted by molar-refractivity contribution is 6.04. The van der Waals surface area contributed by atoms with Crippen molar-refractivity contribution in [3.63, 3.8) is 0 Å². The first kappa shape index (κ1) is 15.1. The molecular formula is C18H22N2O. The van der Waals surface area contributed by atoms with Crippen LogP contribution in [0.2, 0.25) is 0 Å². The van der Waals surface area contributed by atoms with Gasteiger partial charge in [0.05, 0.1) is 0 Å².